The zero-order valence-electron chi connectivity index (χ0n) is 9.82. The van der Waals surface area contributed by atoms with Crippen LogP contribution in [0.1, 0.15) is 26.7 Å². The highest BCUT2D eigenvalue weighted by atomic mass is 79.9. The van der Waals surface area contributed by atoms with Gasteiger partial charge in [-0.2, -0.15) is 0 Å². The van der Waals surface area contributed by atoms with Crippen molar-refractivity contribution in [2.75, 3.05) is 5.75 Å². The molecule has 0 saturated carbocycles. The second-order valence-electron chi connectivity index (χ2n) is 4.10. The molecule has 0 amide bonds. The predicted octanol–water partition coefficient (Wildman–Crippen LogP) is 4.34. The maximum atomic E-state index is 9.93. The molecule has 0 aromatic heterocycles. The first-order valence-electron chi connectivity index (χ1n) is 5.70. The number of aliphatic hydroxyl groups excluding tert-OH is 1. The summed E-state index contributed by atoms with van der Waals surface area (Å²) in [6.07, 6.45) is 2.04. The van der Waals surface area contributed by atoms with E-state index in [1.54, 1.807) is 11.8 Å². The predicted molar refractivity (Wildman–Crippen MR) is 74.9 cm³/mol. The molecule has 16 heavy (non-hydrogen) atoms. The van der Waals surface area contributed by atoms with Crippen LogP contribution in [-0.4, -0.2) is 17.0 Å². The lowest BCUT2D eigenvalue weighted by molar-refractivity contribution is 0.134. The molecule has 1 N–H and O–H groups in total. The highest BCUT2D eigenvalue weighted by Gasteiger charge is 2.13. The standard InChI is InChI=1S/C13H19BrOS/c1-3-4-10(2)13(15)9-16-12-7-5-11(14)6-8-12/h5-8,10,13,15H,3-4,9H2,1-2H3. The van der Waals surface area contributed by atoms with Crippen LogP contribution in [0.2, 0.25) is 0 Å². The average molecular weight is 303 g/mol. The summed E-state index contributed by atoms with van der Waals surface area (Å²) < 4.78 is 1.09. The Kier molecular flexibility index (Phi) is 6.47. The molecule has 1 rings (SSSR count). The molecule has 1 aromatic rings. The van der Waals surface area contributed by atoms with E-state index in [-0.39, 0.29) is 6.10 Å². The quantitative estimate of drug-likeness (QED) is 0.789. The summed E-state index contributed by atoms with van der Waals surface area (Å²) >= 11 is 5.13. The fraction of sp³-hybridized carbons (Fsp3) is 0.538. The van der Waals surface area contributed by atoms with Gasteiger partial charge in [0.1, 0.15) is 0 Å². The first-order chi connectivity index (χ1) is 7.63. The Morgan fingerprint density at radius 2 is 1.94 bits per heavy atom. The van der Waals surface area contributed by atoms with Gasteiger partial charge >= 0.3 is 0 Å². The lowest BCUT2D eigenvalue weighted by Gasteiger charge is -2.17. The van der Waals surface area contributed by atoms with Gasteiger partial charge < -0.3 is 5.11 Å². The third-order valence-corrected chi connectivity index (χ3v) is 4.28. The van der Waals surface area contributed by atoms with Crippen LogP contribution in [0.3, 0.4) is 0 Å². The van der Waals surface area contributed by atoms with Gasteiger partial charge in [-0.05, 0) is 36.6 Å². The van der Waals surface area contributed by atoms with Crippen LogP contribution < -0.4 is 0 Å². The van der Waals surface area contributed by atoms with Crippen molar-refractivity contribution < 1.29 is 5.11 Å². The zero-order valence-corrected chi connectivity index (χ0v) is 12.2. The second kappa shape index (κ2) is 7.36. The monoisotopic (exact) mass is 302 g/mol. The van der Waals surface area contributed by atoms with Crippen molar-refractivity contribution >= 4 is 27.7 Å². The Balaban J connectivity index is 2.36. The topological polar surface area (TPSA) is 20.2 Å². The molecule has 0 bridgehead atoms. The summed E-state index contributed by atoms with van der Waals surface area (Å²) in [7, 11) is 0. The largest absolute Gasteiger partial charge is 0.392 e. The van der Waals surface area contributed by atoms with E-state index >= 15 is 0 Å². The molecular weight excluding hydrogens is 284 g/mol. The fourth-order valence-electron chi connectivity index (χ4n) is 1.52. The van der Waals surface area contributed by atoms with Gasteiger partial charge in [0, 0.05) is 15.1 Å². The van der Waals surface area contributed by atoms with Crippen molar-refractivity contribution in [3.05, 3.63) is 28.7 Å². The molecule has 2 unspecified atom stereocenters. The Labute approximate surface area is 111 Å². The van der Waals surface area contributed by atoms with Crippen molar-refractivity contribution in [1.82, 2.24) is 0 Å². The normalized spacial score (nSPS) is 14.8. The molecule has 3 heteroatoms. The number of benzene rings is 1. The highest BCUT2D eigenvalue weighted by Crippen LogP contribution is 2.23. The van der Waals surface area contributed by atoms with E-state index in [0.717, 1.165) is 23.1 Å². The van der Waals surface area contributed by atoms with E-state index in [1.807, 2.05) is 12.1 Å². The fourth-order valence-corrected chi connectivity index (χ4v) is 2.81. The highest BCUT2D eigenvalue weighted by molar-refractivity contribution is 9.10. The summed E-state index contributed by atoms with van der Waals surface area (Å²) in [5, 5.41) is 9.93. The maximum absolute atomic E-state index is 9.93. The van der Waals surface area contributed by atoms with Crippen LogP contribution in [-0.2, 0) is 0 Å². The maximum Gasteiger partial charge on any atom is 0.0659 e. The SMILES string of the molecule is CCCC(C)C(O)CSc1ccc(Br)cc1. The van der Waals surface area contributed by atoms with Gasteiger partial charge in [0.25, 0.3) is 0 Å². The van der Waals surface area contributed by atoms with Crippen molar-refractivity contribution in [3.8, 4) is 0 Å². The lowest BCUT2D eigenvalue weighted by Crippen LogP contribution is -2.19. The summed E-state index contributed by atoms with van der Waals surface area (Å²) in [6, 6.07) is 8.21. The van der Waals surface area contributed by atoms with Crippen LogP contribution in [0.15, 0.2) is 33.6 Å². The number of aliphatic hydroxyl groups is 1. The first kappa shape index (κ1) is 14.1. The molecule has 0 saturated heterocycles. The Bertz CT molecular complexity index is 299. The van der Waals surface area contributed by atoms with Crippen LogP contribution in [0.4, 0.5) is 0 Å². The van der Waals surface area contributed by atoms with Gasteiger partial charge in [0.15, 0.2) is 0 Å². The van der Waals surface area contributed by atoms with Crippen molar-refractivity contribution in [2.45, 2.75) is 37.7 Å². The molecule has 0 spiro atoms. The molecule has 1 aromatic carbocycles. The van der Waals surface area contributed by atoms with Crippen LogP contribution in [0.5, 0.6) is 0 Å². The number of thioether (sulfide) groups is 1. The third kappa shape index (κ3) is 4.89. The molecule has 90 valence electrons. The number of halogens is 1. The zero-order chi connectivity index (χ0) is 12.0. The molecule has 0 fully saturated rings. The smallest absolute Gasteiger partial charge is 0.0659 e. The number of hydrogen-bond donors (Lipinski definition) is 1. The van der Waals surface area contributed by atoms with Gasteiger partial charge in [0.2, 0.25) is 0 Å². The summed E-state index contributed by atoms with van der Waals surface area (Å²) in [6.45, 7) is 4.28. The molecule has 0 aliphatic carbocycles. The van der Waals surface area contributed by atoms with Crippen molar-refractivity contribution in [2.24, 2.45) is 5.92 Å². The van der Waals surface area contributed by atoms with Gasteiger partial charge in [-0.3, -0.25) is 0 Å². The minimum Gasteiger partial charge on any atom is -0.392 e. The Hall–Kier alpha value is 0.01000. The number of rotatable bonds is 6. The van der Waals surface area contributed by atoms with E-state index in [9.17, 15) is 5.11 Å². The van der Waals surface area contributed by atoms with Crippen molar-refractivity contribution in [1.29, 1.82) is 0 Å². The minimum absolute atomic E-state index is 0.200. The first-order valence-corrected chi connectivity index (χ1v) is 7.47. The molecule has 0 radical (unpaired) electrons. The van der Waals surface area contributed by atoms with Crippen LogP contribution in [0, 0.1) is 5.92 Å². The van der Waals surface area contributed by atoms with E-state index in [1.165, 1.54) is 4.90 Å². The average Bonchev–Trinajstić information content (AvgIpc) is 2.28. The van der Waals surface area contributed by atoms with E-state index in [2.05, 4.69) is 41.9 Å². The second-order valence-corrected chi connectivity index (χ2v) is 6.11. The summed E-state index contributed by atoms with van der Waals surface area (Å²) in [4.78, 5) is 1.21. The minimum atomic E-state index is -0.200. The van der Waals surface area contributed by atoms with Gasteiger partial charge in [-0.15, -0.1) is 11.8 Å². The van der Waals surface area contributed by atoms with E-state index in [4.69, 9.17) is 0 Å². The molecular formula is C13H19BrOS. The molecule has 0 aliphatic rings. The summed E-state index contributed by atoms with van der Waals surface area (Å²) in [5.41, 5.74) is 0. The van der Waals surface area contributed by atoms with Gasteiger partial charge in [-0.1, -0.05) is 36.2 Å². The van der Waals surface area contributed by atoms with Crippen molar-refractivity contribution in [3.63, 3.8) is 0 Å². The molecule has 2 atom stereocenters. The van der Waals surface area contributed by atoms with Gasteiger partial charge in [-0.25, -0.2) is 0 Å². The third-order valence-electron chi connectivity index (χ3n) is 2.64. The molecule has 1 nitrogen and oxygen atoms in total. The Morgan fingerprint density at radius 1 is 1.31 bits per heavy atom. The lowest BCUT2D eigenvalue weighted by atomic mass is 10.0. The Morgan fingerprint density at radius 3 is 2.50 bits per heavy atom. The molecule has 0 heterocycles. The van der Waals surface area contributed by atoms with Gasteiger partial charge in [0.05, 0.1) is 6.10 Å². The number of hydrogen-bond acceptors (Lipinski definition) is 2. The molecule has 0 aliphatic heterocycles. The van der Waals surface area contributed by atoms with Crippen LogP contribution in [0.25, 0.3) is 0 Å². The van der Waals surface area contributed by atoms with E-state index < -0.39 is 0 Å². The van der Waals surface area contributed by atoms with Crippen LogP contribution >= 0.6 is 27.7 Å². The summed E-state index contributed by atoms with van der Waals surface area (Å²) in [5.74, 6) is 1.18. The van der Waals surface area contributed by atoms with E-state index in [0.29, 0.717) is 5.92 Å².